The minimum atomic E-state index is -2.85. The number of halogens is 4. The molecule has 1 aromatic heterocycles. The molecule has 0 bridgehead atoms. The Kier molecular flexibility index (Phi) is 7.12. The number of hydrogen-bond donors (Lipinski definition) is 1. The van der Waals surface area contributed by atoms with Gasteiger partial charge in [0.1, 0.15) is 12.6 Å². The van der Waals surface area contributed by atoms with Crippen molar-refractivity contribution in [2.45, 2.75) is 33.0 Å². The molecule has 164 valence electrons. The van der Waals surface area contributed by atoms with Gasteiger partial charge in [0.15, 0.2) is 5.82 Å². The van der Waals surface area contributed by atoms with Gasteiger partial charge in [0.2, 0.25) is 0 Å². The third-order valence-electron chi connectivity index (χ3n) is 4.59. The summed E-state index contributed by atoms with van der Waals surface area (Å²) in [5.41, 5.74) is 0.735. The lowest BCUT2D eigenvalue weighted by molar-refractivity contribution is -0.149. The van der Waals surface area contributed by atoms with Gasteiger partial charge in [-0.1, -0.05) is 49.2 Å². The first kappa shape index (κ1) is 23.0. The molecule has 0 unspecified atom stereocenters. The molecular weight excluding hydrogens is 451 g/mol. The van der Waals surface area contributed by atoms with Crippen LogP contribution in [0.15, 0.2) is 42.5 Å². The largest absolute Gasteiger partial charge is 0.456 e. The van der Waals surface area contributed by atoms with Crippen LogP contribution in [0.1, 0.15) is 36.6 Å². The number of nitrogens with zero attached hydrogens (tertiary/aromatic N) is 2. The van der Waals surface area contributed by atoms with E-state index in [0.717, 1.165) is 0 Å². The summed E-state index contributed by atoms with van der Waals surface area (Å²) >= 11 is 11.9. The number of fused-ring (bicyclic) bond motifs is 1. The Morgan fingerprint density at radius 1 is 1.16 bits per heavy atom. The van der Waals surface area contributed by atoms with Crippen molar-refractivity contribution < 1.29 is 23.1 Å². The fourth-order valence-corrected chi connectivity index (χ4v) is 3.52. The van der Waals surface area contributed by atoms with Crippen molar-refractivity contribution in [3.05, 3.63) is 63.9 Å². The lowest BCUT2D eigenvalue weighted by atomic mass is 10.0. The van der Waals surface area contributed by atoms with Crippen molar-refractivity contribution in [2.75, 3.05) is 0 Å². The molecule has 1 atom stereocenters. The molecule has 31 heavy (non-hydrogen) atoms. The van der Waals surface area contributed by atoms with E-state index in [1.807, 2.05) is 0 Å². The summed E-state index contributed by atoms with van der Waals surface area (Å²) in [6.45, 7) is 0.0982. The van der Waals surface area contributed by atoms with Crippen LogP contribution in [-0.4, -0.2) is 27.5 Å². The number of ether oxygens (including phenoxy) is 1. The topological polar surface area (TPSA) is 73.2 Å². The molecule has 3 rings (SSSR count). The summed E-state index contributed by atoms with van der Waals surface area (Å²) in [7, 11) is 0. The summed E-state index contributed by atoms with van der Waals surface area (Å²) in [5, 5.41) is 3.07. The standard InChI is InChI=1S/C21H19Cl2F2N3O3/c1-11(2)18(27-19(29)13-8-7-12(22)9-14(13)23)20(30)31-10-17-26-15-5-3-4-6-16(15)28(17)21(24)25/h3-9,11,18,21H,10H2,1-2H3,(H,27,29)/t18-/m0/s1. The van der Waals surface area contributed by atoms with Crippen LogP contribution in [0.2, 0.25) is 10.0 Å². The molecular formula is C21H19Cl2F2N3O3. The van der Waals surface area contributed by atoms with Gasteiger partial charge in [-0.05, 0) is 36.2 Å². The lowest BCUT2D eigenvalue weighted by Gasteiger charge is -2.21. The van der Waals surface area contributed by atoms with Gasteiger partial charge in [-0.15, -0.1) is 0 Å². The van der Waals surface area contributed by atoms with Crippen molar-refractivity contribution in [1.29, 1.82) is 0 Å². The van der Waals surface area contributed by atoms with Gasteiger partial charge in [0, 0.05) is 5.02 Å². The number of aromatic nitrogens is 2. The first-order valence-corrected chi connectivity index (χ1v) is 10.1. The third kappa shape index (κ3) is 5.14. The minimum Gasteiger partial charge on any atom is -0.456 e. The zero-order chi connectivity index (χ0) is 22.7. The van der Waals surface area contributed by atoms with E-state index >= 15 is 0 Å². The summed E-state index contributed by atoms with van der Waals surface area (Å²) < 4.78 is 33.0. The average Bonchev–Trinajstić information content (AvgIpc) is 3.08. The van der Waals surface area contributed by atoms with Crippen LogP contribution < -0.4 is 5.32 Å². The number of para-hydroxylation sites is 2. The van der Waals surface area contributed by atoms with Gasteiger partial charge in [0.25, 0.3) is 5.91 Å². The second kappa shape index (κ2) is 9.62. The van der Waals surface area contributed by atoms with Gasteiger partial charge >= 0.3 is 12.5 Å². The van der Waals surface area contributed by atoms with Crippen LogP contribution in [0, 0.1) is 5.92 Å². The van der Waals surface area contributed by atoms with Crippen LogP contribution in [0.25, 0.3) is 11.0 Å². The highest BCUT2D eigenvalue weighted by molar-refractivity contribution is 6.36. The number of hydrogen-bond acceptors (Lipinski definition) is 4. The molecule has 0 spiro atoms. The monoisotopic (exact) mass is 469 g/mol. The quantitative estimate of drug-likeness (QED) is 0.480. The highest BCUT2D eigenvalue weighted by Gasteiger charge is 2.28. The van der Waals surface area contributed by atoms with Crippen molar-refractivity contribution in [3.63, 3.8) is 0 Å². The number of rotatable bonds is 7. The van der Waals surface area contributed by atoms with E-state index in [1.165, 1.54) is 24.3 Å². The molecule has 0 aliphatic carbocycles. The lowest BCUT2D eigenvalue weighted by Crippen LogP contribution is -2.45. The van der Waals surface area contributed by atoms with Gasteiger partial charge in [-0.25, -0.2) is 9.78 Å². The summed E-state index contributed by atoms with van der Waals surface area (Å²) in [4.78, 5) is 29.3. The molecule has 6 nitrogen and oxygen atoms in total. The number of carbonyl (C=O) groups excluding carboxylic acids is 2. The number of esters is 1. The molecule has 0 saturated carbocycles. The van der Waals surface area contributed by atoms with Gasteiger partial charge in [-0.3, -0.25) is 9.36 Å². The maximum atomic E-state index is 13.5. The SMILES string of the molecule is CC(C)[C@H](NC(=O)c1ccc(Cl)cc1Cl)C(=O)OCc1nc2ccccc2n1C(F)F. The van der Waals surface area contributed by atoms with Crippen LogP contribution >= 0.6 is 23.2 Å². The maximum Gasteiger partial charge on any atom is 0.329 e. The Morgan fingerprint density at radius 2 is 1.87 bits per heavy atom. The molecule has 1 amide bonds. The molecule has 10 heteroatoms. The maximum absolute atomic E-state index is 13.5. The van der Waals surface area contributed by atoms with E-state index in [0.29, 0.717) is 15.1 Å². The summed E-state index contributed by atoms with van der Waals surface area (Å²) in [6.07, 6.45) is 0. The Bertz CT molecular complexity index is 1120. The molecule has 0 aliphatic heterocycles. The molecule has 3 aromatic rings. The molecule has 0 fully saturated rings. The molecule has 0 aliphatic rings. The van der Waals surface area contributed by atoms with E-state index in [9.17, 15) is 18.4 Å². The van der Waals surface area contributed by atoms with Gasteiger partial charge in [-0.2, -0.15) is 8.78 Å². The highest BCUT2D eigenvalue weighted by Crippen LogP contribution is 2.24. The van der Waals surface area contributed by atoms with E-state index in [4.69, 9.17) is 27.9 Å². The second-order valence-electron chi connectivity index (χ2n) is 7.09. The summed E-state index contributed by atoms with van der Waals surface area (Å²) in [5.74, 6) is -1.80. The molecule has 1 N–H and O–H groups in total. The number of alkyl halides is 2. The average molecular weight is 470 g/mol. The van der Waals surface area contributed by atoms with Crippen molar-refractivity contribution in [1.82, 2.24) is 14.9 Å². The molecule has 0 radical (unpaired) electrons. The number of amides is 1. The normalized spacial score (nSPS) is 12.4. The van der Waals surface area contributed by atoms with Crippen LogP contribution in [0.5, 0.6) is 0 Å². The fourth-order valence-electron chi connectivity index (χ4n) is 3.03. The number of benzene rings is 2. The van der Waals surface area contributed by atoms with E-state index in [-0.39, 0.29) is 27.8 Å². The fraction of sp³-hybridized carbons (Fsp3) is 0.286. The molecule has 2 aromatic carbocycles. The number of carbonyl (C=O) groups is 2. The van der Waals surface area contributed by atoms with Crippen LogP contribution in [0.4, 0.5) is 8.78 Å². The Labute approximate surface area is 187 Å². The molecule has 1 heterocycles. The van der Waals surface area contributed by atoms with Crippen molar-refractivity contribution >= 4 is 46.1 Å². The predicted octanol–water partition coefficient (Wildman–Crippen LogP) is 5.24. The Balaban J connectivity index is 1.75. The second-order valence-corrected chi connectivity index (χ2v) is 7.94. The third-order valence-corrected chi connectivity index (χ3v) is 5.14. The number of imidazole rings is 1. The van der Waals surface area contributed by atoms with E-state index in [1.54, 1.807) is 32.0 Å². The van der Waals surface area contributed by atoms with Gasteiger partial charge in [0.05, 0.1) is 21.6 Å². The minimum absolute atomic E-state index is 0.0980. The van der Waals surface area contributed by atoms with E-state index < -0.39 is 31.1 Å². The Hall–Kier alpha value is -2.71. The highest BCUT2D eigenvalue weighted by atomic mass is 35.5. The Morgan fingerprint density at radius 3 is 2.52 bits per heavy atom. The van der Waals surface area contributed by atoms with Crippen LogP contribution in [0.3, 0.4) is 0 Å². The smallest absolute Gasteiger partial charge is 0.329 e. The number of nitrogens with one attached hydrogen (secondary N) is 1. The van der Waals surface area contributed by atoms with Crippen molar-refractivity contribution in [2.24, 2.45) is 5.92 Å². The summed E-state index contributed by atoms with van der Waals surface area (Å²) in [6, 6.07) is 9.71. The van der Waals surface area contributed by atoms with Crippen molar-refractivity contribution in [3.8, 4) is 0 Å². The van der Waals surface area contributed by atoms with Crippen LogP contribution in [-0.2, 0) is 16.1 Å². The zero-order valence-corrected chi connectivity index (χ0v) is 18.1. The first-order valence-electron chi connectivity index (χ1n) is 9.35. The van der Waals surface area contributed by atoms with Gasteiger partial charge < -0.3 is 10.1 Å². The predicted molar refractivity (Wildman–Crippen MR) is 113 cm³/mol. The molecule has 0 saturated heterocycles. The zero-order valence-electron chi connectivity index (χ0n) is 16.6. The van der Waals surface area contributed by atoms with E-state index in [2.05, 4.69) is 10.3 Å². The first-order chi connectivity index (χ1) is 14.7.